The van der Waals surface area contributed by atoms with E-state index in [0.717, 1.165) is 38.9 Å². The number of ether oxygens (including phenoxy) is 1. The second kappa shape index (κ2) is 12.7. The maximum Gasteiger partial charge on any atom is 0.410 e. The Morgan fingerprint density at radius 1 is 1.00 bits per heavy atom. The standard InChI is InChI=1S/C25H29F4N5O6S/c1-25(2,3)40-24(37)32-9-11-33(12-10-32)41(38,39)34(19-6-4-5-18(26)14-19)15-17-8-7-16(13-20(17)27)22(35)30-31-23(36)21(28)29/h4-8,13-14,21H,9-12,15H2,1-3H3,(H,30,35)(H,31,36). The van der Waals surface area contributed by atoms with E-state index < -0.39 is 58.3 Å². The van der Waals surface area contributed by atoms with Crippen molar-refractivity contribution in [3.8, 4) is 0 Å². The van der Waals surface area contributed by atoms with Crippen molar-refractivity contribution in [3.63, 3.8) is 0 Å². The summed E-state index contributed by atoms with van der Waals surface area (Å²) in [6, 6.07) is 7.59. The molecule has 0 spiro atoms. The number of hydrogen-bond acceptors (Lipinski definition) is 6. The number of halogens is 4. The number of nitrogens with zero attached hydrogens (tertiary/aromatic N) is 3. The summed E-state index contributed by atoms with van der Waals surface area (Å²) in [7, 11) is -4.39. The van der Waals surface area contributed by atoms with E-state index in [2.05, 4.69) is 0 Å². The van der Waals surface area contributed by atoms with E-state index in [-0.39, 0.29) is 43.0 Å². The quantitative estimate of drug-likeness (QED) is 0.370. The van der Waals surface area contributed by atoms with Gasteiger partial charge in [0.2, 0.25) is 0 Å². The SMILES string of the molecule is CC(C)(C)OC(=O)N1CCN(S(=O)(=O)N(Cc2ccc(C(=O)NNC(=O)C(F)F)cc2F)c2cccc(F)c2)CC1. The minimum absolute atomic E-state index is 0.0192. The Balaban J connectivity index is 1.82. The van der Waals surface area contributed by atoms with Crippen molar-refractivity contribution in [2.45, 2.75) is 39.3 Å². The van der Waals surface area contributed by atoms with Crippen LogP contribution in [0.4, 0.5) is 28.0 Å². The highest BCUT2D eigenvalue weighted by atomic mass is 32.2. The molecule has 224 valence electrons. The van der Waals surface area contributed by atoms with E-state index >= 15 is 4.39 Å². The molecule has 11 nitrogen and oxygen atoms in total. The van der Waals surface area contributed by atoms with E-state index in [9.17, 15) is 36.0 Å². The van der Waals surface area contributed by atoms with Crippen molar-refractivity contribution in [2.75, 3.05) is 30.5 Å². The highest BCUT2D eigenvalue weighted by Crippen LogP contribution is 2.26. The van der Waals surface area contributed by atoms with Crippen molar-refractivity contribution >= 4 is 33.8 Å². The maximum atomic E-state index is 15.0. The van der Waals surface area contributed by atoms with Crippen LogP contribution < -0.4 is 15.2 Å². The normalized spacial score (nSPS) is 14.5. The predicted octanol–water partition coefficient (Wildman–Crippen LogP) is 2.80. The molecule has 16 heteroatoms. The van der Waals surface area contributed by atoms with Gasteiger partial charge in [-0.2, -0.15) is 21.5 Å². The van der Waals surface area contributed by atoms with Crippen LogP contribution in [0.5, 0.6) is 0 Å². The van der Waals surface area contributed by atoms with Gasteiger partial charge in [-0.15, -0.1) is 0 Å². The molecule has 1 saturated heterocycles. The highest BCUT2D eigenvalue weighted by molar-refractivity contribution is 7.90. The number of rotatable bonds is 7. The Kier molecular flexibility index (Phi) is 9.81. The number of amides is 3. The predicted molar refractivity (Wildman–Crippen MR) is 139 cm³/mol. The van der Waals surface area contributed by atoms with E-state index in [0.29, 0.717) is 0 Å². The number of alkyl halides is 2. The van der Waals surface area contributed by atoms with Gasteiger partial charge >= 0.3 is 28.6 Å². The molecule has 1 aliphatic heterocycles. The average molecular weight is 604 g/mol. The lowest BCUT2D eigenvalue weighted by molar-refractivity contribution is -0.132. The first kappa shape index (κ1) is 31.6. The van der Waals surface area contributed by atoms with Crippen LogP contribution in [0.2, 0.25) is 0 Å². The van der Waals surface area contributed by atoms with Crippen LogP contribution in [0.15, 0.2) is 42.5 Å². The van der Waals surface area contributed by atoms with Crippen molar-refractivity contribution in [1.29, 1.82) is 0 Å². The molecule has 0 aromatic heterocycles. The highest BCUT2D eigenvalue weighted by Gasteiger charge is 2.35. The second-order valence-corrected chi connectivity index (χ2v) is 11.8. The van der Waals surface area contributed by atoms with Gasteiger partial charge in [-0.1, -0.05) is 12.1 Å². The molecule has 3 rings (SSSR count). The number of carbonyl (C=O) groups excluding carboxylic acids is 3. The summed E-state index contributed by atoms with van der Waals surface area (Å²) in [5.74, 6) is -4.62. The van der Waals surface area contributed by atoms with Crippen LogP contribution in [0.25, 0.3) is 0 Å². The van der Waals surface area contributed by atoms with Crippen LogP contribution in [-0.4, -0.2) is 73.7 Å². The lowest BCUT2D eigenvalue weighted by atomic mass is 10.1. The largest absolute Gasteiger partial charge is 0.444 e. The molecule has 2 N–H and O–H groups in total. The topological polar surface area (TPSA) is 128 Å². The number of hydrazine groups is 1. The molecule has 0 radical (unpaired) electrons. The first-order valence-corrected chi connectivity index (χ1v) is 13.7. The molecule has 0 unspecified atom stereocenters. The van der Waals surface area contributed by atoms with Gasteiger partial charge in [0.25, 0.3) is 5.91 Å². The van der Waals surface area contributed by atoms with Gasteiger partial charge in [0.05, 0.1) is 12.2 Å². The Bertz CT molecular complexity index is 1400. The van der Waals surface area contributed by atoms with Gasteiger partial charge in [-0.25, -0.2) is 13.6 Å². The minimum Gasteiger partial charge on any atom is -0.444 e. The fourth-order valence-electron chi connectivity index (χ4n) is 3.72. The molecule has 2 aromatic rings. The van der Waals surface area contributed by atoms with Crippen molar-refractivity contribution in [3.05, 3.63) is 65.2 Å². The number of carbonyl (C=O) groups is 3. The number of piperazine rings is 1. The van der Waals surface area contributed by atoms with Gasteiger partial charge < -0.3 is 9.64 Å². The summed E-state index contributed by atoms with van der Waals surface area (Å²) < 4.78 is 88.3. The zero-order chi connectivity index (χ0) is 30.5. The van der Waals surface area contributed by atoms with Crippen molar-refractivity contribution in [1.82, 2.24) is 20.1 Å². The van der Waals surface area contributed by atoms with Crippen molar-refractivity contribution in [2.24, 2.45) is 0 Å². The monoisotopic (exact) mass is 603 g/mol. The molecular formula is C25H29F4N5O6S. The van der Waals surface area contributed by atoms with Gasteiger partial charge in [0, 0.05) is 37.3 Å². The third-order valence-corrected chi connectivity index (χ3v) is 7.63. The van der Waals surface area contributed by atoms with Crippen molar-refractivity contribution < 1.29 is 45.1 Å². The summed E-state index contributed by atoms with van der Waals surface area (Å²) in [4.78, 5) is 36.8. The summed E-state index contributed by atoms with van der Waals surface area (Å²) >= 11 is 0. The van der Waals surface area contributed by atoms with E-state index in [4.69, 9.17) is 4.74 Å². The Morgan fingerprint density at radius 3 is 2.22 bits per heavy atom. The minimum atomic E-state index is -4.39. The average Bonchev–Trinajstić information content (AvgIpc) is 2.89. The van der Waals surface area contributed by atoms with Crippen LogP contribution in [0, 0.1) is 11.6 Å². The van der Waals surface area contributed by atoms with E-state index in [1.807, 2.05) is 0 Å². The second-order valence-electron chi connectivity index (χ2n) is 9.91. The summed E-state index contributed by atoms with van der Waals surface area (Å²) in [5, 5.41) is 0. The Morgan fingerprint density at radius 2 is 1.66 bits per heavy atom. The molecule has 3 amide bonds. The fraction of sp³-hybridized carbons (Fsp3) is 0.400. The lowest BCUT2D eigenvalue weighted by Crippen LogP contribution is -2.54. The zero-order valence-electron chi connectivity index (χ0n) is 22.4. The number of anilines is 1. The maximum absolute atomic E-state index is 15.0. The van der Waals surface area contributed by atoms with Crippen LogP contribution in [0.3, 0.4) is 0 Å². The molecule has 0 bridgehead atoms. The van der Waals surface area contributed by atoms with Gasteiger partial charge in [0.1, 0.15) is 17.2 Å². The number of hydrogen-bond donors (Lipinski definition) is 2. The first-order valence-electron chi connectivity index (χ1n) is 12.3. The zero-order valence-corrected chi connectivity index (χ0v) is 23.2. The van der Waals surface area contributed by atoms with Crippen LogP contribution in [-0.2, 0) is 26.3 Å². The third-order valence-electron chi connectivity index (χ3n) is 5.72. The molecule has 41 heavy (non-hydrogen) atoms. The van der Waals surface area contributed by atoms with E-state index in [1.165, 1.54) is 22.5 Å². The molecule has 0 atom stereocenters. The molecule has 1 fully saturated rings. The summed E-state index contributed by atoms with van der Waals surface area (Å²) in [6.45, 7) is 4.31. The third kappa shape index (κ3) is 8.29. The molecular weight excluding hydrogens is 574 g/mol. The van der Waals surface area contributed by atoms with Gasteiger partial charge in [0.15, 0.2) is 0 Å². The molecule has 0 aliphatic carbocycles. The first-order chi connectivity index (χ1) is 19.1. The van der Waals surface area contributed by atoms with Crippen LogP contribution >= 0.6 is 0 Å². The van der Waals surface area contributed by atoms with Gasteiger partial charge in [-0.05, 0) is 51.1 Å². The lowest BCUT2D eigenvalue weighted by Gasteiger charge is -2.37. The molecule has 1 aliphatic rings. The Hall–Kier alpha value is -3.92. The fourth-order valence-corrected chi connectivity index (χ4v) is 5.31. The smallest absolute Gasteiger partial charge is 0.410 e. The summed E-state index contributed by atoms with van der Waals surface area (Å²) in [6.07, 6.45) is -3.98. The van der Waals surface area contributed by atoms with E-state index in [1.54, 1.807) is 26.2 Å². The van der Waals surface area contributed by atoms with Crippen LogP contribution in [0.1, 0.15) is 36.7 Å². The summed E-state index contributed by atoms with van der Waals surface area (Å²) in [5.41, 5.74) is 1.81. The Labute approximate surface area is 234 Å². The molecule has 1 heterocycles. The molecule has 2 aromatic carbocycles. The van der Waals surface area contributed by atoms with Gasteiger partial charge in [-0.3, -0.25) is 24.7 Å². The molecule has 0 saturated carbocycles. The number of benzene rings is 2. The number of nitrogens with one attached hydrogen (secondary N) is 2.